The zero-order valence-corrected chi connectivity index (χ0v) is 16.1. The lowest BCUT2D eigenvalue weighted by Gasteiger charge is -2.03. The fourth-order valence-corrected chi connectivity index (χ4v) is 2.81. The van der Waals surface area contributed by atoms with Gasteiger partial charge >= 0.3 is 0 Å². The third-order valence-electron chi connectivity index (χ3n) is 3.58. The van der Waals surface area contributed by atoms with Crippen LogP contribution in [0.15, 0.2) is 54.7 Å². The van der Waals surface area contributed by atoms with Crippen LogP contribution in [-0.2, 0) is 11.3 Å². The third kappa shape index (κ3) is 5.32. The van der Waals surface area contributed by atoms with Crippen LogP contribution >= 0.6 is 34.8 Å². The highest BCUT2D eigenvalue weighted by Crippen LogP contribution is 2.24. The Morgan fingerprint density at radius 1 is 1.07 bits per heavy atom. The van der Waals surface area contributed by atoms with Gasteiger partial charge in [0.25, 0.3) is 0 Å². The normalized spacial score (nSPS) is 11.1. The first-order valence-electron chi connectivity index (χ1n) is 7.82. The summed E-state index contributed by atoms with van der Waals surface area (Å²) in [6.45, 7) is 0.415. The van der Waals surface area contributed by atoms with E-state index in [0.29, 0.717) is 27.2 Å². The lowest BCUT2D eigenvalue weighted by atomic mass is 10.2. The second kappa shape index (κ2) is 8.57. The number of nitrogens with zero attached hydrogens (tertiary/aromatic N) is 2. The zero-order valence-electron chi connectivity index (χ0n) is 13.8. The summed E-state index contributed by atoms with van der Waals surface area (Å²) in [6.07, 6.45) is 4.49. The molecule has 0 saturated heterocycles. The Morgan fingerprint density at radius 3 is 2.52 bits per heavy atom. The summed E-state index contributed by atoms with van der Waals surface area (Å²) in [5.74, 6) is -0.498. The van der Waals surface area contributed by atoms with Crippen molar-refractivity contribution in [2.24, 2.45) is 0 Å². The van der Waals surface area contributed by atoms with Gasteiger partial charge in [-0.25, -0.2) is 4.39 Å². The molecule has 3 rings (SSSR count). The molecule has 1 aromatic heterocycles. The minimum absolute atomic E-state index is 0.241. The minimum Gasteiger partial charge on any atom is -0.304 e. The lowest BCUT2D eigenvalue weighted by Crippen LogP contribution is -2.09. The van der Waals surface area contributed by atoms with Gasteiger partial charge in [-0.1, -0.05) is 53.0 Å². The number of halogens is 4. The van der Waals surface area contributed by atoms with E-state index in [1.54, 1.807) is 41.2 Å². The minimum atomic E-state index is -0.402. The number of hydrogen-bond donors (Lipinski definition) is 1. The number of rotatable bonds is 5. The molecule has 138 valence electrons. The molecule has 0 saturated carbocycles. The first kappa shape index (κ1) is 19.4. The van der Waals surface area contributed by atoms with Crippen LogP contribution in [0.5, 0.6) is 0 Å². The standard InChI is InChI=1S/C19H13Cl3FN3O/c20-15-7-3-13(9-16(15)21)10-26-11-17(22)19(25-26)24-18(27)8-4-12-1-5-14(23)6-2-12/h1-9,11H,10H2,(H,24,25,27)/b8-4+. The van der Waals surface area contributed by atoms with Crippen molar-refractivity contribution in [2.45, 2.75) is 6.54 Å². The van der Waals surface area contributed by atoms with Crippen LogP contribution in [0.3, 0.4) is 0 Å². The Balaban J connectivity index is 1.66. The van der Waals surface area contributed by atoms with Gasteiger partial charge in [0.2, 0.25) is 5.91 Å². The van der Waals surface area contributed by atoms with E-state index in [-0.39, 0.29) is 11.6 Å². The predicted molar refractivity (Wildman–Crippen MR) is 107 cm³/mol. The molecule has 0 atom stereocenters. The zero-order chi connectivity index (χ0) is 19.4. The topological polar surface area (TPSA) is 46.9 Å². The van der Waals surface area contributed by atoms with Crippen molar-refractivity contribution in [3.05, 3.63) is 86.7 Å². The summed E-state index contributed by atoms with van der Waals surface area (Å²) < 4.78 is 14.5. The summed E-state index contributed by atoms with van der Waals surface area (Å²) in [5, 5.41) is 8.09. The molecule has 1 amide bonds. The fraction of sp³-hybridized carbons (Fsp3) is 0.0526. The van der Waals surface area contributed by atoms with Crippen molar-refractivity contribution >= 4 is 52.6 Å². The van der Waals surface area contributed by atoms with Gasteiger partial charge in [-0.2, -0.15) is 5.10 Å². The van der Waals surface area contributed by atoms with Crippen molar-refractivity contribution in [3.8, 4) is 0 Å². The van der Waals surface area contributed by atoms with Gasteiger partial charge in [0.05, 0.1) is 16.6 Å². The Bertz CT molecular complexity index is 1000. The molecule has 0 radical (unpaired) electrons. The number of anilines is 1. The maximum atomic E-state index is 12.9. The largest absolute Gasteiger partial charge is 0.304 e. The SMILES string of the molecule is O=C(/C=C/c1ccc(F)cc1)Nc1nn(Cc2ccc(Cl)c(Cl)c2)cc1Cl. The molecule has 0 aliphatic rings. The van der Waals surface area contributed by atoms with E-state index in [2.05, 4.69) is 10.4 Å². The third-order valence-corrected chi connectivity index (χ3v) is 4.60. The molecule has 0 aliphatic heterocycles. The Hall–Kier alpha value is -2.34. The Labute approximate surface area is 170 Å². The number of aromatic nitrogens is 2. The molecule has 8 heteroatoms. The van der Waals surface area contributed by atoms with Crippen molar-refractivity contribution in [1.82, 2.24) is 9.78 Å². The van der Waals surface area contributed by atoms with Crippen LogP contribution in [0.1, 0.15) is 11.1 Å². The highest BCUT2D eigenvalue weighted by atomic mass is 35.5. The molecule has 2 aromatic carbocycles. The monoisotopic (exact) mass is 423 g/mol. The molecule has 3 aromatic rings. The maximum absolute atomic E-state index is 12.9. The van der Waals surface area contributed by atoms with Crippen molar-refractivity contribution in [1.29, 1.82) is 0 Å². The lowest BCUT2D eigenvalue weighted by molar-refractivity contribution is -0.111. The van der Waals surface area contributed by atoms with E-state index in [9.17, 15) is 9.18 Å². The molecule has 0 unspecified atom stereocenters. The van der Waals surface area contributed by atoms with Crippen LogP contribution in [0.4, 0.5) is 10.2 Å². The highest BCUT2D eigenvalue weighted by Gasteiger charge is 2.10. The molecule has 1 N–H and O–H groups in total. The molecular weight excluding hydrogens is 412 g/mol. The number of amides is 1. The van der Waals surface area contributed by atoms with Crippen LogP contribution in [0, 0.1) is 5.82 Å². The van der Waals surface area contributed by atoms with Gasteiger partial charge in [0.15, 0.2) is 5.82 Å². The second-order valence-corrected chi connectivity index (χ2v) is 6.87. The summed E-state index contributed by atoms with van der Waals surface area (Å²) in [5.41, 5.74) is 1.58. The molecular formula is C19H13Cl3FN3O. The van der Waals surface area contributed by atoms with Crippen LogP contribution in [-0.4, -0.2) is 15.7 Å². The smallest absolute Gasteiger partial charge is 0.249 e. The number of carbonyl (C=O) groups is 1. The fourth-order valence-electron chi connectivity index (χ4n) is 2.29. The average molecular weight is 425 g/mol. The van der Waals surface area contributed by atoms with Crippen LogP contribution in [0.25, 0.3) is 6.08 Å². The van der Waals surface area contributed by atoms with E-state index >= 15 is 0 Å². The van der Waals surface area contributed by atoms with Crippen molar-refractivity contribution < 1.29 is 9.18 Å². The molecule has 0 aliphatic carbocycles. The van der Waals surface area contributed by atoms with Gasteiger partial charge in [-0.15, -0.1) is 0 Å². The first-order chi connectivity index (χ1) is 12.9. The van der Waals surface area contributed by atoms with Crippen molar-refractivity contribution in [3.63, 3.8) is 0 Å². The highest BCUT2D eigenvalue weighted by molar-refractivity contribution is 6.42. The van der Waals surface area contributed by atoms with Gasteiger partial charge in [0.1, 0.15) is 10.8 Å². The molecule has 4 nitrogen and oxygen atoms in total. The van der Waals surface area contributed by atoms with Gasteiger partial charge in [-0.05, 0) is 41.5 Å². The van der Waals surface area contributed by atoms with E-state index < -0.39 is 5.91 Å². The molecule has 1 heterocycles. The van der Waals surface area contributed by atoms with E-state index in [4.69, 9.17) is 34.8 Å². The van der Waals surface area contributed by atoms with E-state index in [1.165, 1.54) is 18.2 Å². The van der Waals surface area contributed by atoms with Crippen molar-refractivity contribution in [2.75, 3.05) is 5.32 Å². The summed E-state index contributed by atoms with van der Waals surface area (Å²) in [6, 6.07) is 11.0. The first-order valence-corrected chi connectivity index (χ1v) is 8.95. The summed E-state index contributed by atoms with van der Waals surface area (Å²) in [7, 11) is 0. The molecule has 0 bridgehead atoms. The predicted octanol–water partition coefficient (Wildman–Crippen LogP) is 5.68. The molecule has 0 spiro atoms. The van der Waals surface area contributed by atoms with Crippen LogP contribution in [0.2, 0.25) is 15.1 Å². The van der Waals surface area contributed by atoms with Crippen LogP contribution < -0.4 is 5.32 Å². The number of hydrogen-bond acceptors (Lipinski definition) is 2. The molecule has 0 fully saturated rings. The number of carbonyl (C=O) groups excluding carboxylic acids is 1. The number of benzene rings is 2. The van der Waals surface area contributed by atoms with Gasteiger partial charge in [-0.3, -0.25) is 9.48 Å². The number of nitrogens with one attached hydrogen (secondary N) is 1. The Kier molecular flexibility index (Phi) is 6.16. The van der Waals surface area contributed by atoms with E-state index in [1.807, 2.05) is 6.07 Å². The van der Waals surface area contributed by atoms with Gasteiger partial charge < -0.3 is 5.32 Å². The van der Waals surface area contributed by atoms with Gasteiger partial charge in [0, 0.05) is 12.3 Å². The Morgan fingerprint density at radius 2 is 1.81 bits per heavy atom. The van der Waals surface area contributed by atoms with E-state index in [0.717, 1.165) is 5.56 Å². The summed E-state index contributed by atoms with van der Waals surface area (Å²) >= 11 is 18.0. The summed E-state index contributed by atoms with van der Waals surface area (Å²) in [4.78, 5) is 12.0. The average Bonchev–Trinajstić information content (AvgIpc) is 2.96. The maximum Gasteiger partial charge on any atom is 0.249 e. The molecule has 27 heavy (non-hydrogen) atoms. The second-order valence-electron chi connectivity index (χ2n) is 5.65. The quantitative estimate of drug-likeness (QED) is 0.535.